The first-order valence-electron chi connectivity index (χ1n) is 8.17. The molecule has 0 saturated carbocycles. The second-order valence-electron chi connectivity index (χ2n) is 6.59. The second-order valence-corrected chi connectivity index (χ2v) is 6.59. The van der Waals surface area contributed by atoms with Gasteiger partial charge < -0.3 is 14.6 Å². The first kappa shape index (κ1) is 14.3. The van der Waals surface area contributed by atoms with Gasteiger partial charge in [0, 0.05) is 37.8 Å². The van der Waals surface area contributed by atoms with E-state index in [0.717, 1.165) is 36.5 Å². The fourth-order valence-corrected chi connectivity index (χ4v) is 3.44. The number of fused-ring (bicyclic) bond motifs is 2. The van der Waals surface area contributed by atoms with Crippen molar-refractivity contribution in [3.05, 3.63) is 47.0 Å². The monoisotopic (exact) mass is 311 g/mol. The third-order valence-corrected chi connectivity index (χ3v) is 4.93. The van der Waals surface area contributed by atoms with Gasteiger partial charge in [0.1, 0.15) is 11.6 Å². The summed E-state index contributed by atoms with van der Waals surface area (Å²) in [4.78, 5) is 16.9. The predicted octanol–water partition coefficient (Wildman–Crippen LogP) is 1.93. The van der Waals surface area contributed by atoms with E-state index in [2.05, 4.69) is 34.8 Å². The molecular formula is C18H21N3O2. The highest BCUT2D eigenvalue weighted by atomic mass is 16.5. The summed E-state index contributed by atoms with van der Waals surface area (Å²) in [5.41, 5.74) is 3.58. The van der Waals surface area contributed by atoms with Crippen molar-refractivity contribution in [2.24, 2.45) is 0 Å². The predicted molar refractivity (Wildman–Crippen MR) is 86.5 cm³/mol. The minimum Gasteiger partial charge on any atom is -0.480 e. The Balaban J connectivity index is 1.41. The van der Waals surface area contributed by atoms with E-state index in [4.69, 9.17) is 4.74 Å². The summed E-state index contributed by atoms with van der Waals surface area (Å²) in [7, 11) is 0. The van der Waals surface area contributed by atoms with Gasteiger partial charge in [-0.15, -0.1) is 0 Å². The summed E-state index contributed by atoms with van der Waals surface area (Å²) >= 11 is 0. The van der Waals surface area contributed by atoms with Crippen LogP contribution in [-0.4, -0.2) is 27.6 Å². The van der Waals surface area contributed by atoms with E-state index >= 15 is 0 Å². The van der Waals surface area contributed by atoms with Crippen molar-refractivity contribution in [1.29, 1.82) is 0 Å². The smallest absolute Gasteiger partial charge is 0.261 e. The highest BCUT2D eigenvalue weighted by Gasteiger charge is 2.31. The number of hydrogen-bond acceptors (Lipinski definition) is 3. The van der Waals surface area contributed by atoms with Gasteiger partial charge in [-0.3, -0.25) is 4.79 Å². The van der Waals surface area contributed by atoms with Crippen LogP contribution in [0.1, 0.15) is 28.9 Å². The van der Waals surface area contributed by atoms with Gasteiger partial charge in [0.25, 0.3) is 5.91 Å². The molecular weight excluding hydrogens is 290 g/mol. The normalized spacial score (nSPS) is 22.2. The lowest BCUT2D eigenvalue weighted by atomic mass is 10.0. The van der Waals surface area contributed by atoms with Crippen molar-refractivity contribution in [2.45, 2.75) is 51.8 Å². The van der Waals surface area contributed by atoms with Crippen molar-refractivity contribution in [2.75, 3.05) is 0 Å². The molecule has 5 nitrogen and oxygen atoms in total. The molecule has 120 valence electrons. The van der Waals surface area contributed by atoms with Crippen LogP contribution in [0.2, 0.25) is 0 Å². The SMILES string of the molecule is Cc1cc2c(cc1C)O[C@@H](C(=O)N[C@@H]1CCc3nccn3C1)C2. The summed E-state index contributed by atoms with van der Waals surface area (Å²) < 4.78 is 7.99. The van der Waals surface area contributed by atoms with Crippen molar-refractivity contribution < 1.29 is 9.53 Å². The van der Waals surface area contributed by atoms with Gasteiger partial charge >= 0.3 is 0 Å². The van der Waals surface area contributed by atoms with Crippen LogP contribution in [0.25, 0.3) is 0 Å². The summed E-state index contributed by atoms with van der Waals surface area (Å²) in [6.45, 7) is 4.95. The quantitative estimate of drug-likeness (QED) is 0.922. The summed E-state index contributed by atoms with van der Waals surface area (Å²) in [6, 6.07) is 4.33. The fourth-order valence-electron chi connectivity index (χ4n) is 3.44. The van der Waals surface area contributed by atoms with Crippen LogP contribution < -0.4 is 10.1 Å². The molecule has 0 fully saturated rings. The standard InChI is InChI=1S/C18H21N3O2/c1-11-7-13-9-16(23-15(13)8-12(11)2)18(22)20-14-3-4-17-19-5-6-21(17)10-14/h5-8,14,16H,3-4,9-10H2,1-2H3,(H,20,22)/t14-,16-/m1/s1. The van der Waals surface area contributed by atoms with Gasteiger partial charge in [-0.2, -0.15) is 0 Å². The molecule has 2 aliphatic rings. The average Bonchev–Trinajstić information content (AvgIpc) is 3.13. The van der Waals surface area contributed by atoms with Crippen molar-refractivity contribution in [1.82, 2.24) is 14.9 Å². The van der Waals surface area contributed by atoms with Gasteiger partial charge in [0.2, 0.25) is 0 Å². The molecule has 0 spiro atoms. The largest absolute Gasteiger partial charge is 0.480 e. The second kappa shape index (κ2) is 5.41. The number of nitrogens with one attached hydrogen (secondary N) is 1. The van der Waals surface area contributed by atoms with Gasteiger partial charge in [-0.05, 0) is 43.0 Å². The molecule has 0 bridgehead atoms. The highest BCUT2D eigenvalue weighted by Crippen LogP contribution is 2.31. The number of hydrogen-bond donors (Lipinski definition) is 1. The maximum absolute atomic E-state index is 12.5. The lowest BCUT2D eigenvalue weighted by molar-refractivity contribution is -0.128. The van der Waals surface area contributed by atoms with E-state index < -0.39 is 6.10 Å². The minimum absolute atomic E-state index is 0.00919. The zero-order chi connectivity index (χ0) is 16.0. The maximum atomic E-state index is 12.5. The van der Waals surface area contributed by atoms with Gasteiger partial charge in [0.15, 0.2) is 6.10 Å². The Labute approximate surface area is 135 Å². The molecule has 23 heavy (non-hydrogen) atoms. The van der Waals surface area contributed by atoms with Crippen molar-refractivity contribution >= 4 is 5.91 Å². The van der Waals surface area contributed by atoms with E-state index in [-0.39, 0.29) is 11.9 Å². The molecule has 1 N–H and O–H groups in total. The molecule has 0 unspecified atom stereocenters. The Bertz CT molecular complexity index is 735. The summed E-state index contributed by atoms with van der Waals surface area (Å²) in [5.74, 6) is 1.95. The Morgan fingerprint density at radius 3 is 3.04 bits per heavy atom. The molecule has 1 aromatic heterocycles. The van der Waals surface area contributed by atoms with E-state index in [1.54, 1.807) is 0 Å². The van der Waals surface area contributed by atoms with E-state index in [1.165, 1.54) is 11.1 Å². The molecule has 0 saturated heterocycles. The molecule has 1 aromatic carbocycles. The lowest BCUT2D eigenvalue weighted by Gasteiger charge is -2.25. The van der Waals surface area contributed by atoms with Gasteiger partial charge in [0.05, 0.1) is 0 Å². The van der Waals surface area contributed by atoms with Crippen LogP contribution in [-0.2, 0) is 24.2 Å². The van der Waals surface area contributed by atoms with E-state index in [1.807, 2.05) is 18.5 Å². The highest BCUT2D eigenvalue weighted by molar-refractivity contribution is 5.82. The number of amides is 1. The van der Waals surface area contributed by atoms with E-state index in [0.29, 0.717) is 6.42 Å². The van der Waals surface area contributed by atoms with Crippen LogP contribution in [0, 0.1) is 13.8 Å². The first-order valence-corrected chi connectivity index (χ1v) is 8.17. The number of imidazole rings is 1. The number of carbonyl (C=O) groups excluding carboxylic acids is 1. The number of aromatic nitrogens is 2. The van der Waals surface area contributed by atoms with Gasteiger partial charge in [-0.25, -0.2) is 4.98 Å². The third-order valence-electron chi connectivity index (χ3n) is 4.93. The van der Waals surface area contributed by atoms with Crippen molar-refractivity contribution in [3.8, 4) is 5.75 Å². The average molecular weight is 311 g/mol. The Kier molecular flexibility index (Phi) is 3.36. The topological polar surface area (TPSA) is 56.1 Å². The summed E-state index contributed by atoms with van der Waals surface area (Å²) in [5, 5.41) is 3.14. The fraction of sp³-hybridized carbons (Fsp3) is 0.444. The summed E-state index contributed by atoms with van der Waals surface area (Å²) in [6.07, 6.45) is 5.88. The number of benzene rings is 1. The molecule has 1 amide bonds. The number of nitrogens with zero attached hydrogens (tertiary/aromatic N) is 2. The number of ether oxygens (including phenoxy) is 1. The third kappa shape index (κ3) is 2.60. The number of rotatable bonds is 2. The molecule has 0 radical (unpaired) electrons. The molecule has 2 aliphatic heterocycles. The maximum Gasteiger partial charge on any atom is 0.261 e. The first-order chi connectivity index (χ1) is 11.1. The Hall–Kier alpha value is -2.30. The molecule has 2 atom stereocenters. The minimum atomic E-state index is -0.407. The Morgan fingerprint density at radius 2 is 2.17 bits per heavy atom. The molecule has 2 aromatic rings. The molecule has 5 heteroatoms. The molecule has 4 rings (SSSR count). The van der Waals surface area contributed by atoms with Crippen molar-refractivity contribution in [3.63, 3.8) is 0 Å². The zero-order valence-electron chi connectivity index (χ0n) is 13.5. The van der Waals surface area contributed by atoms with Gasteiger partial charge in [-0.1, -0.05) is 6.07 Å². The number of carbonyl (C=O) groups is 1. The van der Waals surface area contributed by atoms with E-state index in [9.17, 15) is 4.79 Å². The lowest BCUT2D eigenvalue weighted by Crippen LogP contribution is -2.46. The van der Waals surface area contributed by atoms with Crippen LogP contribution >= 0.6 is 0 Å². The van der Waals surface area contributed by atoms with Crippen LogP contribution in [0.4, 0.5) is 0 Å². The van der Waals surface area contributed by atoms with Crippen LogP contribution in [0.15, 0.2) is 24.5 Å². The van der Waals surface area contributed by atoms with Crippen LogP contribution in [0.3, 0.4) is 0 Å². The zero-order valence-corrected chi connectivity index (χ0v) is 13.5. The molecule has 0 aliphatic carbocycles. The van der Waals surface area contributed by atoms with Crippen LogP contribution in [0.5, 0.6) is 5.75 Å². The number of aryl methyl sites for hydroxylation is 3. The Morgan fingerprint density at radius 1 is 1.35 bits per heavy atom. The molecule has 3 heterocycles.